The number of pyridine rings is 1. The standard InChI is InChI=1S/C16H17ClN2O/c17-15-8-12(11-20)9-18-16(15)19-7-6-14(10-19)13-4-2-1-3-5-13/h1-5,8-9,14,20H,6-7,10-11H2. The van der Waals surface area contributed by atoms with Crippen molar-refractivity contribution in [2.75, 3.05) is 18.0 Å². The van der Waals surface area contributed by atoms with Crippen LogP contribution in [0.1, 0.15) is 23.5 Å². The van der Waals surface area contributed by atoms with Crippen molar-refractivity contribution < 1.29 is 5.11 Å². The first-order chi connectivity index (χ1) is 9.78. The van der Waals surface area contributed by atoms with Gasteiger partial charge in [-0.15, -0.1) is 0 Å². The van der Waals surface area contributed by atoms with Gasteiger partial charge in [0.2, 0.25) is 0 Å². The molecule has 4 heteroatoms. The lowest BCUT2D eigenvalue weighted by molar-refractivity contribution is 0.281. The molecule has 0 aliphatic carbocycles. The molecule has 0 amide bonds. The fourth-order valence-electron chi connectivity index (χ4n) is 2.74. The lowest BCUT2D eigenvalue weighted by Crippen LogP contribution is -2.20. The Labute approximate surface area is 123 Å². The van der Waals surface area contributed by atoms with Crippen molar-refractivity contribution >= 4 is 17.4 Å². The Hall–Kier alpha value is -1.58. The average molecular weight is 289 g/mol. The van der Waals surface area contributed by atoms with E-state index < -0.39 is 0 Å². The van der Waals surface area contributed by atoms with E-state index in [9.17, 15) is 0 Å². The van der Waals surface area contributed by atoms with Crippen LogP contribution in [-0.4, -0.2) is 23.2 Å². The molecule has 0 spiro atoms. The van der Waals surface area contributed by atoms with Crippen molar-refractivity contribution in [1.29, 1.82) is 0 Å². The minimum absolute atomic E-state index is 0.0281. The minimum atomic E-state index is -0.0281. The molecule has 1 fully saturated rings. The minimum Gasteiger partial charge on any atom is -0.392 e. The van der Waals surface area contributed by atoms with Gasteiger partial charge in [-0.1, -0.05) is 41.9 Å². The van der Waals surface area contributed by atoms with E-state index in [4.69, 9.17) is 16.7 Å². The maximum atomic E-state index is 9.10. The van der Waals surface area contributed by atoms with Gasteiger partial charge >= 0.3 is 0 Å². The summed E-state index contributed by atoms with van der Waals surface area (Å²) in [6.45, 7) is 1.87. The highest BCUT2D eigenvalue weighted by Crippen LogP contribution is 2.33. The third-order valence-electron chi connectivity index (χ3n) is 3.82. The van der Waals surface area contributed by atoms with Crippen LogP contribution in [0.3, 0.4) is 0 Å². The Kier molecular flexibility index (Phi) is 3.90. The number of aromatic nitrogens is 1. The third kappa shape index (κ3) is 2.65. The van der Waals surface area contributed by atoms with E-state index >= 15 is 0 Å². The molecule has 3 nitrogen and oxygen atoms in total. The summed E-state index contributed by atoms with van der Waals surface area (Å²) >= 11 is 6.27. The average Bonchev–Trinajstić information content (AvgIpc) is 2.97. The SMILES string of the molecule is OCc1cnc(N2CCC(c3ccccc3)C2)c(Cl)c1. The lowest BCUT2D eigenvalue weighted by Gasteiger charge is -2.19. The van der Waals surface area contributed by atoms with Gasteiger partial charge in [0.05, 0.1) is 11.6 Å². The molecule has 3 rings (SSSR count). The number of aliphatic hydroxyl groups is 1. The van der Waals surface area contributed by atoms with Crippen molar-refractivity contribution in [3.63, 3.8) is 0 Å². The maximum Gasteiger partial charge on any atom is 0.147 e. The van der Waals surface area contributed by atoms with Crippen LogP contribution in [-0.2, 0) is 6.61 Å². The van der Waals surface area contributed by atoms with E-state index in [-0.39, 0.29) is 6.61 Å². The number of aliphatic hydroxyl groups excluding tert-OH is 1. The summed E-state index contributed by atoms with van der Waals surface area (Å²) in [5.41, 5.74) is 2.12. The fourth-order valence-corrected chi connectivity index (χ4v) is 3.05. The first kappa shape index (κ1) is 13.4. The molecule has 1 saturated heterocycles. The van der Waals surface area contributed by atoms with E-state index in [2.05, 4.69) is 34.1 Å². The monoisotopic (exact) mass is 288 g/mol. The number of halogens is 1. The van der Waals surface area contributed by atoms with Crippen molar-refractivity contribution in [3.8, 4) is 0 Å². The molecule has 1 N–H and O–H groups in total. The van der Waals surface area contributed by atoms with Crippen molar-refractivity contribution in [1.82, 2.24) is 4.98 Å². The predicted molar refractivity (Wildman–Crippen MR) is 81.2 cm³/mol. The zero-order valence-corrected chi connectivity index (χ0v) is 11.9. The normalized spacial score (nSPS) is 18.5. The van der Waals surface area contributed by atoms with Gasteiger partial charge in [0.1, 0.15) is 5.82 Å². The number of hydrogen-bond donors (Lipinski definition) is 1. The van der Waals surface area contributed by atoms with E-state index in [0.717, 1.165) is 30.9 Å². The second-order valence-corrected chi connectivity index (χ2v) is 5.56. The highest BCUT2D eigenvalue weighted by atomic mass is 35.5. The molecule has 1 aromatic heterocycles. The van der Waals surface area contributed by atoms with E-state index in [1.54, 1.807) is 12.3 Å². The molecule has 1 aliphatic heterocycles. The zero-order valence-electron chi connectivity index (χ0n) is 11.2. The van der Waals surface area contributed by atoms with Crippen LogP contribution in [0.2, 0.25) is 5.02 Å². The Morgan fingerprint density at radius 1 is 1.30 bits per heavy atom. The topological polar surface area (TPSA) is 36.4 Å². The number of rotatable bonds is 3. The molecule has 2 aromatic rings. The van der Waals surface area contributed by atoms with Crippen molar-refractivity contribution in [2.24, 2.45) is 0 Å². The van der Waals surface area contributed by atoms with Gasteiger partial charge in [-0.2, -0.15) is 0 Å². The fraction of sp³-hybridized carbons (Fsp3) is 0.312. The first-order valence-electron chi connectivity index (χ1n) is 6.83. The Bertz CT molecular complexity index is 588. The van der Waals surface area contributed by atoms with Gasteiger partial charge in [-0.25, -0.2) is 4.98 Å². The lowest BCUT2D eigenvalue weighted by atomic mass is 9.99. The van der Waals surface area contributed by atoms with Crippen molar-refractivity contribution in [3.05, 3.63) is 58.7 Å². The molecule has 1 atom stereocenters. The highest BCUT2D eigenvalue weighted by Gasteiger charge is 2.25. The number of benzene rings is 1. The molecule has 0 saturated carbocycles. The van der Waals surface area contributed by atoms with Crippen LogP contribution in [0, 0.1) is 0 Å². The van der Waals surface area contributed by atoms with Crippen LogP contribution in [0.25, 0.3) is 0 Å². The molecular weight excluding hydrogens is 272 g/mol. The highest BCUT2D eigenvalue weighted by molar-refractivity contribution is 6.33. The smallest absolute Gasteiger partial charge is 0.147 e. The summed E-state index contributed by atoms with van der Waals surface area (Å²) in [4.78, 5) is 6.62. The number of nitrogens with zero attached hydrogens (tertiary/aromatic N) is 2. The largest absolute Gasteiger partial charge is 0.392 e. The molecule has 20 heavy (non-hydrogen) atoms. The quantitative estimate of drug-likeness (QED) is 0.942. The van der Waals surface area contributed by atoms with Gasteiger partial charge in [0.15, 0.2) is 0 Å². The van der Waals surface area contributed by atoms with Crippen LogP contribution in [0.4, 0.5) is 5.82 Å². The maximum absolute atomic E-state index is 9.10. The summed E-state index contributed by atoms with van der Waals surface area (Å²) in [5.74, 6) is 1.36. The van der Waals surface area contributed by atoms with E-state index in [1.807, 2.05) is 6.07 Å². The molecule has 1 unspecified atom stereocenters. The number of hydrogen-bond acceptors (Lipinski definition) is 3. The Morgan fingerprint density at radius 2 is 2.10 bits per heavy atom. The second kappa shape index (κ2) is 5.81. The summed E-state index contributed by atoms with van der Waals surface area (Å²) < 4.78 is 0. The molecule has 104 valence electrons. The molecular formula is C16H17ClN2O. The van der Waals surface area contributed by atoms with Gasteiger partial charge in [-0.3, -0.25) is 0 Å². The summed E-state index contributed by atoms with van der Waals surface area (Å²) in [5, 5.41) is 9.71. The summed E-state index contributed by atoms with van der Waals surface area (Å²) in [7, 11) is 0. The van der Waals surface area contributed by atoms with Crippen LogP contribution in [0.5, 0.6) is 0 Å². The van der Waals surface area contributed by atoms with Crippen LogP contribution < -0.4 is 4.90 Å². The Balaban J connectivity index is 1.77. The van der Waals surface area contributed by atoms with Gasteiger partial charge in [0, 0.05) is 25.2 Å². The second-order valence-electron chi connectivity index (χ2n) is 5.15. The van der Waals surface area contributed by atoms with Crippen LogP contribution in [0.15, 0.2) is 42.6 Å². The molecule has 0 radical (unpaired) electrons. The van der Waals surface area contributed by atoms with E-state index in [0.29, 0.717) is 10.9 Å². The van der Waals surface area contributed by atoms with Gasteiger partial charge in [-0.05, 0) is 23.6 Å². The van der Waals surface area contributed by atoms with Gasteiger partial charge in [0.25, 0.3) is 0 Å². The third-order valence-corrected chi connectivity index (χ3v) is 4.10. The summed E-state index contributed by atoms with van der Waals surface area (Å²) in [6.07, 6.45) is 2.81. The predicted octanol–water partition coefficient (Wildman–Crippen LogP) is 3.22. The molecule has 2 heterocycles. The van der Waals surface area contributed by atoms with E-state index in [1.165, 1.54) is 5.56 Å². The molecule has 0 bridgehead atoms. The summed E-state index contributed by atoms with van der Waals surface area (Å²) in [6, 6.07) is 12.4. The molecule has 1 aliphatic rings. The number of anilines is 1. The zero-order chi connectivity index (χ0) is 13.9. The van der Waals surface area contributed by atoms with Gasteiger partial charge < -0.3 is 10.0 Å². The Morgan fingerprint density at radius 3 is 2.80 bits per heavy atom. The van der Waals surface area contributed by atoms with Crippen molar-refractivity contribution in [2.45, 2.75) is 18.9 Å². The van der Waals surface area contributed by atoms with Crippen LogP contribution >= 0.6 is 11.6 Å². The first-order valence-corrected chi connectivity index (χ1v) is 7.21. The molecule has 1 aromatic carbocycles.